The molecule has 1 aromatic heterocycles. The number of nitrogens with one attached hydrogen (secondary N) is 1. The van der Waals surface area contributed by atoms with E-state index in [1.165, 1.54) is 17.8 Å². The van der Waals surface area contributed by atoms with E-state index in [9.17, 15) is 4.79 Å². The van der Waals surface area contributed by atoms with E-state index < -0.39 is 0 Å². The zero-order valence-electron chi connectivity index (χ0n) is 8.90. The number of hydrogen-bond donors (Lipinski definition) is 1. The lowest BCUT2D eigenvalue weighted by molar-refractivity contribution is 0.0958. The van der Waals surface area contributed by atoms with E-state index in [0.29, 0.717) is 17.5 Å². The number of aromatic nitrogens is 1. The third kappa shape index (κ3) is 2.86. The van der Waals surface area contributed by atoms with Gasteiger partial charge in [0.2, 0.25) is 0 Å². The molecule has 1 aliphatic rings. The molecule has 0 saturated carbocycles. The average molecular weight is 224 g/mol. The van der Waals surface area contributed by atoms with E-state index in [4.69, 9.17) is 0 Å². The van der Waals surface area contributed by atoms with Crippen LogP contribution in [0.25, 0.3) is 0 Å². The molecule has 15 heavy (non-hydrogen) atoms. The fourth-order valence-corrected chi connectivity index (χ4v) is 2.64. The number of carbonyl (C=O) groups excluding carboxylic acids is 1. The molecule has 2 heterocycles. The van der Waals surface area contributed by atoms with E-state index >= 15 is 0 Å². The second-order valence-corrected chi connectivity index (χ2v) is 5.14. The van der Waals surface area contributed by atoms with Crippen LogP contribution in [-0.2, 0) is 0 Å². The first-order valence-electron chi connectivity index (χ1n) is 5.42. The van der Waals surface area contributed by atoms with E-state index in [2.05, 4.69) is 17.2 Å². The van der Waals surface area contributed by atoms with Gasteiger partial charge in [-0.1, -0.05) is 6.92 Å². The molecule has 1 N–H and O–H groups in total. The van der Waals surface area contributed by atoms with Crippen LogP contribution in [0.2, 0.25) is 0 Å². The van der Waals surface area contributed by atoms with Crippen molar-refractivity contribution in [3.05, 3.63) is 16.6 Å². The smallest absolute Gasteiger partial charge is 0.192 e. The van der Waals surface area contributed by atoms with Crippen LogP contribution in [0.1, 0.15) is 36.0 Å². The minimum atomic E-state index is 0.177. The summed E-state index contributed by atoms with van der Waals surface area (Å²) in [7, 11) is 0. The first-order chi connectivity index (χ1) is 7.25. The van der Waals surface area contributed by atoms with Gasteiger partial charge in [0.05, 0.1) is 0 Å². The van der Waals surface area contributed by atoms with Crippen LogP contribution in [0.15, 0.2) is 11.6 Å². The Balaban J connectivity index is 1.89. The molecule has 0 radical (unpaired) electrons. The van der Waals surface area contributed by atoms with Crippen molar-refractivity contribution >= 4 is 17.1 Å². The summed E-state index contributed by atoms with van der Waals surface area (Å²) in [5, 5.41) is 5.90. The van der Waals surface area contributed by atoms with E-state index in [0.717, 1.165) is 18.9 Å². The van der Waals surface area contributed by atoms with E-state index in [-0.39, 0.29) is 5.78 Å². The fourth-order valence-electron chi connectivity index (χ4n) is 2.05. The Kier molecular flexibility index (Phi) is 3.49. The van der Waals surface area contributed by atoms with Gasteiger partial charge in [-0.05, 0) is 25.3 Å². The van der Waals surface area contributed by atoms with Gasteiger partial charge in [-0.15, -0.1) is 11.3 Å². The molecule has 0 aliphatic carbocycles. The van der Waals surface area contributed by atoms with Crippen molar-refractivity contribution in [2.75, 3.05) is 6.54 Å². The van der Waals surface area contributed by atoms with Crippen molar-refractivity contribution in [3.63, 3.8) is 0 Å². The Morgan fingerprint density at radius 3 is 3.27 bits per heavy atom. The molecule has 2 unspecified atom stereocenters. The van der Waals surface area contributed by atoms with Crippen LogP contribution in [-0.4, -0.2) is 23.4 Å². The molecule has 0 aromatic carbocycles. The van der Waals surface area contributed by atoms with Crippen LogP contribution in [0, 0.1) is 5.92 Å². The third-order valence-electron chi connectivity index (χ3n) is 2.86. The molecule has 1 fully saturated rings. The highest BCUT2D eigenvalue weighted by Gasteiger charge is 2.22. The molecular weight excluding hydrogens is 208 g/mol. The summed E-state index contributed by atoms with van der Waals surface area (Å²) in [5.41, 5.74) is 0. The van der Waals surface area contributed by atoms with Crippen molar-refractivity contribution in [1.29, 1.82) is 0 Å². The maximum atomic E-state index is 11.8. The Labute approximate surface area is 93.9 Å². The molecule has 82 valence electrons. The Bertz CT molecular complexity index is 323. The maximum Gasteiger partial charge on any atom is 0.192 e. The van der Waals surface area contributed by atoms with Gasteiger partial charge in [0, 0.05) is 24.0 Å². The molecule has 0 bridgehead atoms. The zero-order chi connectivity index (χ0) is 10.7. The maximum absolute atomic E-state index is 11.8. The van der Waals surface area contributed by atoms with Crippen LogP contribution in [0.5, 0.6) is 0 Å². The number of rotatable bonds is 3. The van der Waals surface area contributed by atoms with Gasteiger partial charge >= 0.3 is 0 Å². The number of carbonyl (C=O) groups is 1. The van der Waals surface area contributed by atoms with Crippen molar-refractivity contribution < 1.29 is 4.79 Å². The highest BCUT2D eigenvalue weighted by molar-refractivity contribution is 7.11. The first-order valence-corrected chi connectivity index (χ1v) is 6.29. The normalized spacial score (nSPS) is 26.5. The van der Waals surface area contributed by atoms with Gasteiger partial charge in [-0.25, -0.2) is 4.98 Å². The first kappa shape index (κ1) is 10.8. The Morgan fingerprint density at radius 1 is 1.73 bits per heavy atom. The van der Waals surface area contributed by atoms with Gasteiger partial charge in [0.15, 0.2) is 10.8 Å². The second-order valence-electron chi connectivity index (χ2n) is 4.25. The highest BCUT2D eigenvalue weighted by Crippen LogP contribution is 2.19. The Morgan fingerprint density at radius 2 is 2.60 bits per heavy atom. The predicted octanol–water partition coefficient (Wildman–Crippen LogP) is 2.10. The number of thiazole rings is 1. The molecule has 0 spiro atoms. The number of nitrogens with zero attached hydrogens (tertiary/aromatic N) is 1. The number of ketones is 1. The van der Waals surface area contributed by atoms with Crippen molar-refractivity contribution in [1.82, 2.24) is 10.3 Å². The predicted molar refractivity (Wildman–Crippen MR) is 61.3 cm³/mol. The quantitative estimate of drug-likeness (QED) is 0.799. The van der Waals surface area contributed by atoms with Crippen LogP contribution < -0.4 is 5.32 Å². The van der Waals surface area contributed by atoms with Crippen molar-refractivity contribution in [2.45, 2.75) is 32.2 Å². The average Bonchev–Trinajstić information content (AvgIpc) is 2.70. The number of piperidine rings is 1. The lowest BCUT2D eigenvalue weighted by Crippen LogP contribution is -2.38. The van der Waals surface area contributed by atoms with Crippen LogP contribution in [0.3, 0.4) is 0 Å². The van der Waals surface area contributed by atoms with Gasteiger partial charge in [-0.2, -0.15) is 0 Å². The standard InChI is InChI=1S/C11H16N2OS/c1-8-2-3-12-9(6-8)7-10(14)11-13-4-5-15-11/h4-5,8-9,12H,2-3,6-7H2,1H3. The monoisotopic (exact) mass is 224 g/mol. The highest BCUT2D eigenvalue weighted by atomic mass is 32.1. The molecular formula is C11H16N2OS. The zero-order valence-corrected chi connectivity index (χ0v) is 9.72. The molecule has 1 aliphatic heterocycles. The number of hydrogen-bond acceptors (Lipinski definition) is 4. The van der Waals surface area contributed by atoms with Crippen LogP contribution >= 0.6 is 11.3 Å². The topological polar surface area (TPSA) is 42.0 Å². The summed E-state index contributed by atoms with van der Waals surface area (Å²) in [6, 6.07) is 0.352. The molecule has 3 nitrogen and oxygen atoms in total. The lowest BCUT2D eigenvalue weighted by atomic mass is 9.92. The van der Waals surface area contributed by atoms with Gasteiger partial charge in [0.1, 0.15) is 0 Å². The van der Waals surface area contributed by atoms with E-state index in [1.807, 2.05) is 5.38 Å². The van der Waals surface area contributed by atoms with E-state index in [1.54, 1.807) is 6.20 Å². The lowest BCUT2D eigenvalue weighted by Gasteiger charge is -2.27. The molecule has 0 amide bonds. The van der Waals surface area contributed by atoms with Crippen molar-refractivity contribution in [2.24, 2.45) is 5.92 Å². The largest absolute Gasteiger partial charge is 0.314 e. The van der Waals surface area contributed by atoms with Crippen LogP contribution in [0.4, 0.5) is 0 Å². The minimum absolute atomic E-state index is 0.177. The molecule has 4 heteroatoms. The molecule has 1 aromatic rings. The van der Waals surface area contributed by atoms with Gasteiger partial charge < -0.3 is 5.32 Å². The SMILES string of the molecule is CC1CCNC(CC(=O)c2nccs2)C1. The van der Waals surface area contributed by atoms with Gasteiger partial charge in [0.25, 0.3) is 0 Å². The summed E-state index contributed by atoms with van der Waals surface area (Å²) >= 11 is 1.43. The molecule has 1 saturated heterocycles. The van der Waals surface area contributed by atoms with Crippen molar-refractivity contribution in [3.8, 4) is 0 Å². The summed E-state index contributed by atoms with van der Waals surface area (Å²) in [4.78, 5) is 15.8. The summed E-state index contributed by atoms with van der Waals surface area (Å²) in [6.07, 6.45) is 4.62. The summed E-state index contributed by atoms with van der Waals surface area (Å²) in [5.74, 6) is 0.914. The fraction of sp³-hybridized carbons (Fsp3) is 0.636. The third-order valence-corrected chi connectivity index (χ3v) is 3.67. The molecule has 2 atom stereocenters. The molecule has 2 rings (SSSR count). The Hall–Kier alpha value is -0.740. The minimum Gasteiger partial charge on any atom is -0.314 e. The number of Topliss-reactive ketones (excluding diaryl/α,β-unsaturated/α-hetero) is 1. The second kappa shape index (κ2) is 4.86. The van der Waals surface area contributed by atoms with Gasteiger partial charge in [-0.3, -0.25) is 4.79 Å². The summed E-state index contributed by atoms with van der Waals surface area (Å²) in [6.45, 7) is 3.29. The summed E-state index contributed by atoms with van der Waals surface area (Å²) < 4.78 is 0.